The number of allylic oxidation sites excluding steroid dienone is 1. The third-order valence-corrected chi connectivity index (χ3v) is 9.47. The Balaban J connectivity index is 1.38. The summed E-state index contributed by atoms with van der Waals surface area (Å²) in [4.78, 5) is 18.0. The van der Waals surface area contributed by atoms with Crippen molar-refractivity contribution in [1.82, 2.24) is 30.0 Å². The number of nitrogens with zero attached hydrogens (tertiary/aromatic N) is 6. The van der Waals surface area contributed by atoms with E-state index in [0.717, 1.165) is 25.8 Å². The molecule has 4 aromatic rings. The Morgan fingerprint density at radius 2 is 2.05 bits per heavy atom. The van der Waals surface area contributed by atoms with Gasteiger partial charge in [0.2, 0.25) is 0 Å². The fourth-order valence-corrected chi connectivity index (χ4v) is 7.48. The van der Waals surface area contributed by atoms with Gasteiger partial charge in [0, 0.05) is 48.8 Å². The molecule has 0 saturated carbocycles. The van der Waals surface area contributed by atoms with Gasteiger partial charge in [-0.15, -0.1) is 0 Å². The Labute approximate surface area is 252 Å². The second-order valence-corrected chi connectivity index (χ2v) is 12.8. The largest absolute Gasteiger partial charge is 0.461 e. The number of ether oxygens (including phenoxy) is 1. The fourth-order valence-electron chi connectivity index (χ4n) is 7.21. The van der Waals surface area contributed by atoms with E-state index in [9.17, 15) is 9.50 Å². The molecule has 6 heterocycles. The normalized spacial score (nSPS) is 26.3. The van der Waals surface area contributed by atoms with Crippen molar-refractivity contribution in [2.75, 3.05) is 37.7 Å². The molecular formula is C31H34ClF2N7O2. The molecular weight excluding hydrogens is 576 g/mol. The summed E-state index contributed by atoms with van der Waals surface area (Å²) in [7, 11) is 0. The van der Waals surface area contributed by atoms with E-state index in [1.165, 1.54) is 0 Å². The average Bonchev–Trinajstić information content (AvgIpc) is 3.66. The minimum Gasteiger partial charge on any atom is -0.461 e. The highest BCUT2D eigenvalue weighted by Crippen LogP contribution is 2.42. The summed E-state index contributed by atoms with van der Waals surface area (Å²) in [5.41, 5.74) is 0.549. The van der Waals surface area contributed by atoms with Crippen LogP contribution in [0, 0.1) is 5.82 Å². The smallest absolute Gasteiger partial charge is 0.319 e. The Bertz CT molecular complexity index is 1740. The van der Waals surface area contributed by atoms with Crippen molar-refractivity contribution in [1.29, 1.82) is 0 Å². The van der Waals surface area contributed by atoms with E-state index in [4.69, 9.17) is 21.3 Å². The van der Waals surface area contributed by atoms with Crippen molar-refractivity contribution in [2.45, 2.75) is 63.3 Å². The van der Waals surface area contributed by atoms with Crippen LogP contribution in [0.4, 0.5) is 14.6 Å². The van der Waals surface area contributed by atoms with Crippen molar-refractivity contribution in [2.24, 2.45) is 0 Å². The first-order valence-electron chi connectivity index (χ1n) is 14.8. The predicted molar refractivity (Wildman–Crippen MR) is 163 cm³/mol. The van der Waals surface area contributed by atoms with Gasteiger partial charge < -0.3 is 14.7 Å². The van der Waals surface area contributed by atoms with E-state index in [2.05, 4.69) is 25.1 Å². The number of aromatic amines is 1. The molecule has 0 bridgehead atoms. The van der Waals surface area contributed by atoms with Crippen molar-refractivity contribution < 1.29 is 18.6 Å². The van der Waals surface area contributed by atoms with Gasteiger partial charge in [0.15, 0.2) is 5.82 Å². The summed E-state index contributed by atoms with van der Waals surface area (Å²) >= 11 is 6.64. The maximum Gasteiger partial charge on any atom is 0.319 e. The molecule has 7 rings (SSSR count). The third-order valence-electron chi connectivity index (χ3n) is 9.15. The van der Waals surface area contributed by atoms with E-state index in [1.807, 2.05) is 24.0 Å². The van der Waals surface area contributed by atoms with Gasteiger partial charge in [0.1, 0.15) is 29.8 Å². The number of alkyl halides is 1. The molecule has 3 saturated heterocycles. The molecule has 3 fully saturated rings. The molecule has 0 spiro atoms. The number of benzene rings is 1. The van der Waals surface area contributed by atoms with E-state index in [1.54, 1.807) is 25.4 Å². The fraction of sp³-hybridized carbons (Fsp3) is 0.484. The second-order valence-electron chi connectivity index (χ2n) is 12.4. The molecule has 0 amide bonds. The van der Waals surface area contributed by atoms with Crippen LogP contribution < -0.4 is 9.64 Å². The van der Waals surface area contributed by atoms with Gasteiger partial charge in [-0.25, -0.2) is 8.78 Å². The summed E-state index contributed by atoms with van der Waals surface area (Å²) in [6.45, 7) is 6.04. The molecule has 226 valence electrons. The van der Waals surface area contributed by atoms with Gasteiger partial charge in [-0.05, 0) is 52.1 Å². The number of aliphatic hydroxyl groups is 1. The van der Waals surface area contributed by atoms with Crippen LogP contribution in [-0.4, -0.2) is 85.3 Å². The number of fused-ring (bicyclic) bond motifs is 3. The lowest BCUT2D eigenvalue weighted by Gasteiger charge is -2.38. The molecule has 0 radical (unpaired) electrons. The minimum absolute atomic E-state index is 0.0144. The number of rotatable bonds is 6. The topological polar surface area (TPSA) is 103 Å². The molecule has 0 unspecified atom stereocenters. The Hall–Kier alpha value is -3.41. The van der Waals surface area contributed by atoms with E-state index in [0.29, 0.717) is 70.7 Å². The summed E-state index contributed by atoms with van der Waals surface area (Å²) in [6.07, 6.45) is 9.54. The first-order valence-corrected chi connectivity index (χ1v) is 15.2. The number of aromatic nitrogens is 5. The van der Waals surface area contributed by atoms with Gasteiger partial charge in [-0.1, -0.05) is 23.8 Å². The van der Waals surface area contributed by atoms with Crippen LogP contribution in [0.3, 0.4) is 0 Å². The number of anilines is 1. The maximum atomic E-state index is 16.8. The summed E-state index contributed by atoms with van der Waals surface area (Å²) < 4.78 is 37.4. The lowest BCUT2D eigenvalue weighted by Crippen LogP contribution is -2.46. The number of piperidine rings is 1. The molecule has 2 N–H and O–H groups in total. The molecule has 43 heavy (non-hydrogen) atoms. The van der Waals surface area contributed by atoms with E-state index in [-0.39, 0.29) is 23.8 Å². The van der Waals surface area contributed by atoms with Crippen molar-refractivity contribution in [3.05, 3.63) is 40.9 Å². The van der Waals surface area contributed by atoms with Crippen molar-refractivity contribution >= 4 is 45.3 Å². The van der Waals surface area contributed by atoms with Gasteiger partial charge in [0.05, 0.1) is 33.3 Å². The van der Waals surface area contributed by atoms with Crippen LogP contribution >= 0.6 is 11.6 Å². The lowest BCUT2D eigenvalue weighted by molar-refractivity contribution is 0.0447. The van der Waals surface area contributed by atoms with Gasteiger partial charge >= 0.3 is 6.01 Å². The number of nitrogens with one attached hydrogen (secondary N) is 1. The number of halogens is 3. The van der Waals surface area contributed by atoms with E-state index < -0.39 is 23.1 Å². The molecule has 9 nitrogen and oxygen atoms in total. The van der Waals surface area contributed by atoms with Gasteiger partial charge in [0.25, 0.3) is 0 Å². The maximum absolute atomic E-state index is 16.8. The number of pyridine rings is 1. The quantitative estimate of drug-likeness (QED) is 0.287. The molecule has 0 aliphatic carbocycles. The first kappa shape index (κ1) is 28.4. The summed E-state index contributed by atoms with van der Waals surface area (Å²) in [6, 6.07) is 1.77. The molecule has 3 aromatic heterocycles. The Morgan fingerprint density at radius 3 is 2.86 bits per heavy atom. The van der Waals surface area contributed by atoms with E-state index >= 15 is 4.39 Å². The average molecular weight is 610 g/mol. The Kier molecular flexibility index (Phi) is 7.02. The van der Waals surface area contributed by atoms with Crippen LogP contribution in [0.5, 0.6) is 6.01 Å². The summed E-state index contributed by atoms with van der Waals surface area (Å²) in [5, 5.41) is 19.5. The molecule has 3 aliphatic heterocycles. The van der Waals surface area contributed by atoms with Gasteiger partial charge in [-0.3, -0.25) is 15.0 Å². The molecule has 12 heteroatoms. The predicted octanol–water partition coefficient (Wildman–Crippen LogP) is 5.70. The van der Waals surface area contributed by atoms with Crippen LogP contribution in [0.2, 0.25) is 5.02 Å². The number of β-amino-alcohol motifs (C(OH)–C–C–N with tert-alkyl or cyclic N) is 1. The molecule has 1 aromatic carbocycles. The molecule has 3 atom stereocenters. The number of hydrogen-bond acceptors (Lipinski definition) is 8. The zero-order chi connectivity index (χ0) is 29.9. The van der Waals surface area contributed by atoms with Crippen molar-refractivity contribution in [3.8, 4) is 17.3 Å². The standard InChI is InChI=1S/C31H34ClF2N7O2/c1-3-6-19-22(32)11-23-20(14-36-39-23)24(19)27-25(34)26-21(13-35-27)28(40-9-4-7-30(2,42)16-40)38-29(37-26)43-17-31-8-5-10-41(31)15-18(33)12-31/h3,6,11,13-14,18,42H,4-5,7-10,12,15-17H2,1-2H3,(H,36,39)/b6-3-/t18-,30-,31+/m1/s1. The summed E-state index contributed by atoms with van der Waals surface area (Å²) in [5.74, 6) is -0.197. The monoisotopic (exact) mass is 609 g/mol. The number of H-pyrrole nitrogens is 1. The number of hydrogen-bond donors (Lipinski definition) is 2. The van der Waals surface area contributed by atoms with Crippen LogP contribution in [0.1, 0.15) is 51.5 Å². The molecule has 3 aliphatic rings. The minimum atomic E-state index is -0.930. The highest BCUT2D eigenvalue weighted by atomic mass is 35.5. The lowest BCUT2D eigenvalue weighted by atomic mass is 9.95. The van der Waals surface area contributed by atoms with Gasteiger partial charge in [-0.2, -0.15) is 15.1 Å². The van der Waals surface area contributed by atoms with Crippen molar-refractivity contribution in [3.63, 3.8) is 0 Å². The highest BCUT2D eigenvalue weighted by Gasteiger charge is 2.49. The SMILES string of the molecule is C/C=C\c1c(Cl)cc2[nH]ncc2c1-c1ncc2c(N3CCC[C@@](C)(O)C3)nc(OC[C@@]34CCCN3C[C@H](F)C4)nc2c1F. The Morgan fingerprint density at radius 1 is 1.21 bits per heavy atom. The first-order chi connectivity index (χ1) is 20.7. The third kappa shape index (κ3) is 4.91. The van der Waals surface area contributed by atoms with Crippen LogP contribution in [0.25, 0.3) is 39.1 Å². The second kappa shape index (κ2) is 10.6. The van der Waals surface area contributed by atoms with Crippen LogP contribution in [-0.2, 0) is 0 Å². The van der Waals surface area contributed by atoms with Crippen LogP contribution in [0.15, 0.2) is 24.5 Å². The highest BCUT2D eigenvalue weighted by molar-refractivity contribution is 6.33. The zero-order valence-electron chi connectivity index (χ0n) is 24.2. The zero-order valence-corrected chi connectivity index (χ0v) is 25.0.